The lowest BCUT2D eigenvalue weighted by molar-refractivity contribution is -0.183. The molecule has 16 heavy (non-hydrogen) atoms. The van der Waals surface area contributed by atoms with Crippen LogP contribution in [0.1, 0.15) is 11.4 Å². The quantitative estimate of drug-likeness (QED) is 0.457. The summed E-state index contributed by atoms with van der Waals surface area (Å²) in [5.41, 5.74) is 1.04. The highest BCUT2D eigenvalue weighted by atomic mass is 17.2. The summed E-state index contributed by atoms with van der Waals surface area (Å²) < 4.78 is 0. The number of amides is 1. The van der Waals surface area contributed by atoms with Gasteiger partial charge in [-0.05, 0) is 17.7 Å². The molecule has 2 heterocycles. The lowest BCUT2D eigenvalue weighted by Gasteiger charge is -2.06. The molecule has 2 rings (SSSR count). The summed E-state index contributed by atoms with van der Waals surface area (Å²) in [5, 5.41) is 2.58. The normalized spacial score (nSPS) is 18.9. The molecule has 6 heteroatoms. The standard InChI is InChI=1S/C10H11BN2O3/c1-2-10(14)13-9-4-3-7(5-12-9)8-6-15-16-11-8/h2-5,8,11H,1,6H2,(H,12,13,14). The molecule has 0 aromatic carbocycles. The minimum atomic E-state index is -0.271. The third-order valence-corrected chi connectivity index (χ3v) is 2.32. The zero-order valence-electron chi connectivity index (χ0n) is 8.68. The van der Waals surface area contributed by atoms with E-state index in [1.165, 1.54) is 6.08 Å². The average molecular weight is 218 g/mol. The Morgan fingerprint density at radius 2 is 2.56 bits per heavy atom. The molecular formula is C10H11BN2O3. The van der Waals surface area contributed by atoms with Crippen molar-refractivity contribution < 1.29 is 14.5 Å². The van der Waals surface area contributed by atoms with Gasteiger partial charge in [0.25, 0.3) is 0 Å². The van der Waals surface area contributed by atoms with E-state index in [0.29, 0.717) is 19.9 Å². The highest BCUT2D eigenvalue weighted by molar-refractivity contribution is 6.30. The van der Waals surface area contributed by atoms with E-state index < -0.39 is 0 Å². The molecule has 1 amide bonds. The number of hydrogen-bond acceptors (Lipinski definition) is 4. The highest BCUT2D eigenvalue weighted by Gasteiger charge is 2.21. The van der Waals surface area contributed by atoms with Crippen LogP contribution in [-0.4, -0.2) is 25.0 Å². The third kappa shape index (κ3) is 2.47. The second-order valence-corrected chi connectivity index (χ2v) is 3.44. The second-order valence-electron chi connectivity index (χ2n) is 3.44. The van der Waals surface area contributed by atoms with Crippen LogP contribution in [0.5, 0.6) is 0 Å². The summed E-state index contributed by atoms with van der Waals surface area (Å²) in [6.45, 7) is 3.91. The Morgan fingerprint density at radius 3 is 3.12 bits per heavy atom. The van der Waals surface area contributed by atoms with Gasteiger partial charge in [0.1, 0.15) is 5.82 Å². The summed E-state index contributed by atoms with van der Waals surface area (Å²) >= 11 is 0. The molecule has 1 aromatic rings. The van der Waals surface area contributed by atoms with Gasteiger partial charge < -0.3 is 10.1 Å². The van der Waals surface area contributed by atoms with Gasteiger partial charge in [0, 0.05) is 12.0 Å². The first-order valence-corrected chi connectivity index (χ1v) is 4.93. The van der Waals surface area contributed by atoms with Crippen LogP contribution in [0.25, 0.3) is 0 Å². The number of pyridine rings is 1. The van der Waals surface area contributed by atoms with Crippen molar-refractivity contribution in [1.29, 1.82) is 0 Å². The molecule has 1 aromatic heterocycles. The molecule has 1 unspecified atom stereocenters. The topological polar surface area (TPSA) is 60.5 Å². The molecule has 5 nitrogen and oxygen atoms in total. The average Bonchev–Trinajstić information content (AvgIpc) is 2.83. The lowest BCUT2D eigenvalue weighted by atomic mass is 9.77. The monoisotopic (exact) mass is 218 g/mol. The van der Waals surface area contributed by atoms with Crippen molar-refractivity contribution in [3.63, 3.8) is 0 Å². The van der Waals surface area contributed by atoms with E-state index in [1.54, 1.807) is 12.3 Å². The molecule has 0 radical (unpaired) electrons. The molecule has 1 atom stereocenters. The molecule has 0 aliphatic carbocycles. The summed E-state index contributed by atoms with van der Waals surface area (Å²) in [5.74, 6) is 0.456. The molecule has 82 valence electrons. The van der Waals surface area contributed by atoms with Gasteiger partial charge >= 0.3 is 7.48 Å². The predicted molar refractivity (Wildman–Crippen MR) is 60.0 cm³/mol. The Hall–Kier alpha value is -1.66. The summed E-state index contributed by atoms with van der Waals surface area (Å²) in [7, 11) is 0.542. The summed E-state index contributed by atoms with van der Waals surface area (Å²) in [4.78, 5) is 24.8. The smallest absolute Gasteiger partial charge is 0.309 e. The minimum Gasteiger partial charge on any atom is -0.309 e. The van der Waals surface area contributed by atoms with Crippen molar-refractivity contribution in [2.24, 2.45) is 0 Å². The zero-order valence-corrected chi connectivity index (χ0v) is 8.68. The third-order valence-electron chi connectivity index (χ3n) is 2.32. The Labute approximate surface area is 93.7 Å². The number of anilines is 1. The fourth-order valence-electron chi connectivity index (χ4n) is 1.40. The maximum absolute atomic E-state index is 11.0. The summed E-state index contributed by atoms with van der Waals surface area (Å²) in [6.07, 6.45) is 2.91. The Kier molecular flexibility index (Phi) is 3.33. The van der Waals surface area contributed by atoms with Gasteiger partial charge in [-0.1, -0.05) is 12.6 Å². The van der Waals surface area contributed by atoms with E-state index in [2.05, 4.69) is 16.9 Å². The van der Waals surface area contributed by atoms with Crippen LogP contribution >= 0.6 is 0 Å². The van der Waals surface area contributed by atoms with Crippen LogP contribution in [0, 0.1) is 0 Å². The molecule has 1 fully saturated rings. The lowest BCUT2D eigenvalue weighted by Crippen LogP contribution is -2.10. The Morgan fingerprint density at radius 1 is 1.69 bits per heavy atom. The molecule has 1 saturated heterocycles. The molecule has 0 saturated carbocycles. The van der Waals surface area contributed by atoms with Crippen LogP contribution in [0.4, 0.5) is 5.82 Å². The van der Waals surface area contributed by atoms with E-state index in [0.717, 1.165) is 5.56 Å². The summed E-state index contributed by atoms with van der Waals surface area (Å²) in [6, 6.07) is 3.64. The SMILES string of the molecule is C=CC(=O)Nc1ccc(C2BOOC2)cn1. The van der Waals surface area contributed by atoms with E-state index >= 15 is 0 Å². The van der Waals surface area contributed by atoms with Gasteiger partial charge in [0.2, 0.25) is 5.91 Å². The second kappa shape index (κ2) is 4.91. The molecule has 0 bridgehead atoms. The van der Waals surface area contributed by atoms with Crippen molar-refractivity contribution >= 4 is 19.2 Å². The van der Waals surface area contributed by atoms with Gasteiger partial charge in [-0.2, -0.15) is 0 Å². The molecular weight excluding hydrogens is 207 g/mol. The van der Waals surface area contributed by atoms with E-state index in [-0.39, 0.29) is 11.7 Å². The number of rotatable bonds is 3. The maximum atomic E-state index is 11.0. The molecule has 1 aliphatic heterocycles. The number of carbonyl (C=O) groups is 1. The van der Waals surface area contributed by atoms with Crippen LogP contribution in [0.3, 0.4) is 0 Å². The van der Waals surface area contributed by atoms with E-state index in [4.69, 9.17) is 9.69 Å². The largest absolute Gasteiger partial charge is 0.333 e. The van der Waals surface area contributed by atoms with Crippen LogP contribution < -0.4 is 5.32 Å². The van der Waals surface area contributed by atoms with Gasteiger partial charge in [0.15, 0.2) is 0 Å². The molecule has 0 spiro atoms. The number of nitrogens with zero attached hydrogens (tertiary/aromatic N) is 1. The number of hydrogen-bond donors (Lipinski definition) is 1. The Balaban J connectivity index is 2.03. The minimum absolute atomic E-state index is 0.219. The van der Waals surface area contributed by atoms with Crippen molar-refractivity contribution in [1.82, 2.24) is 4.98 Å². The van der Waals surface area contributed by atoms with Crippen molar-refractivity contribution in [3.8, 4) is 0 Å². The fraction of sp³-hybridized carbons (Fsp3) is 0.200. The van der Waals surface area contributed by atoms with Gasteiger partial charge in [-0.15, -0.1) is 0 Å². The van der Waals surface area contributed by atoms with Crippen molar-refractivity contribution in [2.75, 3.05) is 11.9 Å². The molecule has 1 aliphatic rings. The first-order valence-electron chi connectivity index (χ1n) is 4.93. The van der Waals surface area contributed by atoms with Gasteiger partial charge in [-0.25, -0.2) is 4.98 Å². The van der Waals surface area contributed by atoms with Crippen molar-refractivity contribution in [2.45, 2.75) is 5.82 Å². The molecule has 1 N–H and O–H groups in total. The first kappa shape index (κ1) is 10.8. The number of carbonyl (C=O) groups excluding carboxylic acids is 1. The van der Waals surface area contributed by atoms with Crippen LogP contribution in [0.15, 0.2) is 31.0 Å². The van der Waals surface area contributed by atoms with Gasteiger partial charge in [-0.3, -0.25) is 9.68 Å². The fourth-order valence-corrected chi connectivity index (χ4v) is 1.40. The Bertz CT molecular complexity index is 388. The van der Waals surface area contributed by atoms with Crippen LogP contribution in [-0.2, 0) is 14.5 Å². The number of nitrogens with one attached hydrogen (secondary N) is 1. The zero-order chi connectivity index (χ0) is 11.4. The van der Waals surface area contributed by atoms with Gasteiger partial charge in [0.05, 0.1) is 6.61 Å². The maximum Gasteiger partial charge on any atom is 0.333 e. The van der Waals surface area contributed by atoms with E-state index in [9.17, 15) is 4.79 Å². The predicted octanol–water partition coefficient (Wildman–Crippen LogP) is 0.560. The highest BCUT2D eigenvalue weighted by Crippen LogP contribution is 2.20. The van der Waals surface area contributed by atoms with E-state index in [1.807, 2.05) is 6.07 Å². The number of aromatic nitrogens is 1. The first-order chi connectivity index (χ1) is 7.79. The van der Waals surface area contributed by atoms with Crippen molar-refractivity contribution in [3.05, 3.63) is 36.5 Å². The van der Waals surface area contributed by atoms with Crippen LogP contribution in [0.2, 0.25) is 0 Å².